The summed E-state index contributed by atoms with van der Waals surface area (Å²) in [6, 6.07) is 4.44. The van der Waals surface area contributed by atoms with Crippen LogP contribution in [0.1, 0.15) is 5.56 Å². The zero-order chi connectivity index (χ0) is 12.3. The highest BCUT2D eigenvalue weighted by Crippen LogP contribution is 2.41. The third-order valence-corrected chi connectivity index (χ3v) is 2.31. The number of halogens is 3. The molecule has 0 aliphatic heterocycles. The van der Waals surface area contributed by atoms with Gasteiger partial charge in [0.05, 0.1) is 21.5 Å². The van der Waals surface area contributed by atoms with E-state index in [9.17, 15) is 23.3 Å². The standard InChI is InChI=1S/C8H3F3N2O2S/c9-8(10,11)16-7-2-1-5(4-12)3-6(7)13(14)15/h1-3H. The van der Waals surface area contributed by atoms with E-state index in [4.69, 9.17) is 5.26 Å². The third-order valence-electron chi connectivity index (χ3n) is 1.51. The average Bonchev–Trinajstić information content (AvgIpc) is 2.15. The average molecular weight is 248 g/mol. The smallest absolute Gasteiger partial charge is 0.258 e. The summed E-state index contributed by atoms with van der Waals surface area (Å²) in [5.41, 5.74) is -5.38. The molecule has 84 valence electrons. The summed E-state index contributed by atoms with van der Waals surface area (Å²) in [4.78, 5) is 9.01. The maximum absolute atomic E-state index is 12.0. The molecule has 0 atom stereocenters. The Hall–Kier alpha value is -1.75. The largest absolute Gasteiger partial charge is 0.446 e. The predicted molar refractivity (Wildman–Crippen MR) is 49.7 cm³/mol. The van der Waals surface area contributed by atoms with E-state index in [2.05, 4.69) is 0 Å². The maximum atomic E-state index is 12.0. The minimum absolute atomic E-state index is 0.0572. The maximum Gasteiger partial charge on any atom is 0.446 e. The summed E-state index contributed by atoms with van der Waals surface area (Å²) in [7, 11) is 0. The molecule has 0 saturated carbocycles. The van der Waals surface area contributed by atoms with E-state index >= 15 is 0 Å². The normalized spacial score (nSPS) is 10.9. The van der Waals surface area contributed by atoms with Crippen molar-refractivity contribution in [3.63, 3.8) is 0 Å². The number of thioether (sulfide) groups is 1. The first-order chi connectivity index (χ1) is 7.33. The van der Waals surface area contributed by atoms with E-state index in [1.807, 2.05) is 0 Å². The summed E-state index contributed by atoms with van der Waals surface area (Å²) in [5, 5.41) is 19.0. The Morgan fingerprint density at radius 1 is 1.44 bits per heavy atom. The summed E-state index contributed by atoms with van der Waals surface area (Å²) in [5.74, 6) is 0. The van der Waals surface area contributed by atoms with Crippen LogP contribution in [-0.2, 0) is 0 Å². The van der Waals surface area contributed by atoms with Crippen molar-refractivity contribution < 1.29 is 18.1 Å². The Labute approximate surface area is 91.8 Å². The van der Waals surface area contributed by atoms with Crippen LogP contribution in [0, 0.1) is 21.4 Å². The van der Waals surface area contributed by atoms with Crippen molar-refractivity contribution in [2.24, 2.45) is 0 Å². The molecule has 1 aromatic carbocycles. The van der Waals surface area contributed by atoms with Crippen molar-refractivity contribution in [2.75, 3.05) is 0 Å². The topological polar surface area (TPSA) is 66.9 Å². The monoisotopic (exact) mass is 248 g/mol. The second kappa shape index (κ2) is 4.40. The van der Waals surface area contributed by atoms with Gasteiger partial charge in [-0.15, -0.1) is 0 Å². The van der Waals surface area contributed by atoms with Gasteiger partial charge in [-0.3, -0.25) is 10.1 Å². The minimum atomic E-state index is -4.60. The lowest BCUT2D eigenvalue weighted by atomic mass is 10.2. The van der Waals surface area contributed by atoms with Gasteiger partial charge < -0.3 is 0 Å². The molecule has 0 bridgehead atoms. The molecule has 0 fully saturated rings. The highest BCUT2D eigenvalue weighted by atomic mass is 32.2. The molecule has 4 nitrogen and oxygen atoms in total. The first kappa shape index (κ1) is 12.3. The van der Waals surface area contributed by atoms with Gasteiger partial charge in [-0.25, -0.2) is 0 Å². The number of rotatable bonds is 2. The lowest BCUT2D eigenvalue weighted by Crippen LogP contribution is -2.01. The predicted octanol–water partition coefficient (Wildman–Crippen LogP) is 3.08. The number of nitro benzene ring substituents is 1. The molecule has 0 spiro atoms. The highest BCUT2D eigenvalue weighted by molar-refractivity contribution is 8.00. The van der Waals surface area contributed by atoms with Crippen molar-refractivity contribution in [1.82, 2.24) is 0 Å². The highest BCUT2D eigenvalue weighted by Gasteiger charge is 2.33. The van der Waals surface area contributed by atoms with Crippen molar-refractivity contribution >= 4 is 17.4 Å². The Bertz CT molecular complexity index is 467. The zero-order valence-corrected chi connectivity index (χ0v) is 8.30. The van der Waals surface area contributed by atoms with Crippen molar-refractivity contribution in [3.05, 3.63) is 33.9 Å². The van der Waals surface area contributed by atoms with Gasteiger partial charge in [0.25, 0.3) is 5.69 Å². The Balaban J connectivity index is 3.20. The van der Waals surface area contributed by atoms with Crippen LogP contribution in [0.4, 0.5) is 18.9 Å². The number of nitriles is 1. The Morgan fingerprint density at radius 3 is 2.50 bits per heavy atom. The van der Waals surface area contributed by atoms with E-state index in [0.29, 0.717) is 0 Å². The lowest BCUT2D eigenvalue weighted by molar-refractivity contribution is -0.387. The van der Waals surface area contributed by atoms with Crippen LogP contribution in [0.3, 0.4) is 0 Å². The molecular weight excluding hydrogens is 245 g/mol. The van der Waals surface area contributed by atoms with Crippen molar-refractivity contribution in [2.45, 2.75) is 10.4 Å². The molecule has 0 aromatic heterocycles. The SMILES string of the molecule is N#Cc1ccc(SC(F)(F)F)c([N+](=O)[O-])c1. The summed E-state index contributed by atoms with van der Waals surface area (Å²) < 4.78 is 36.1. The molecule has 0 unspecified atom stereocenters. The van der Waals surface area contributed by atoms with Gasteiger partial charge in [0.15, 0.2) is 0 Å². The lowest BCUT2D eigenvalue weighted by Gasteiger charge is -2.05. The van der Waals surface area contributed by atoms with Gasteiger partial charge in [0.2, 0.25) is 0 Å². The van der Waals surface area contributed by atoms with E-state index < -0.39 is 32.8 Å². The van der Waals surface area contributed by atoms with Gasteiger partial charge in [0.1, 0.15) is 0 Å². The summed E-state index contributed by atoms with van der Waals surface area (Å²) >= 11 is -0.576. The van der Waals surface area contributed by atoms with Crippen LogP contribution in [0.15, 0.2) is 23.1 Å². The molecule has 0 radical (unpaired) electrons. The molecule has 1 aromatic rings. The summed E-state index contributed by atoms with van der Waals surface area (Å²) in [6.07, 6.45) is 0. The van der Waals surface area contributed by atoms with Crippen LogP contribution >= 0.6 is 11.8 Å². The van der Waals surface area contributed by atoms with E-state index in [1.54, 1.807) is 6.07 Å². The first-order valence-corrected chi connectivity index (χ1v) is 4.59. The van der Waals surface area contributed by atoms with Gasteiger partial charge in [-0.2, -0.15) is 18.4 Å². The number of nitro groups is 1. The Morgan fingerprint density at radius 2 is 2.06 bits per heavy atom. The van der Waals surface area contributed by atoms with E-state index in [1.165, 1.54) is 0 Å². The van der Waals surface area contributed by atoms with Gasteiger partial charge in [-0.1, -0.05) is 0 Å². The van der Waals surface area contributed by atoms with E-state index in [-0.39, 0.29) is 5.56 Å². The van der Waals surface area contributed by atoms with Crippen LogP contribution < -0.4 is 0 Å². The molecule has 0 saturated heterocycles. The molecule has 0 N–H and O–H groups in total. The fraction of sp³-hybridized carbons (Fsp3) is 0.125. The second-order valence-corrected chi connectivity index (χ2v) is 3.71. The Kier molecular flexibility index (Phi) is 3.39. The molecule has 0 heterocycles. The molecule has 8 heteroatoms. The molecule has 0 aliphatic carbocycles. The van der Waals surface area contributed by atoms with Crippen molar-refractivity contribution in [1.29, 1.82) is 5.26 Å². The molecule has 0 aliphatic rings. The number of hydrogen-bond acceptors (Lipinski definition) is 4. The number of hydrogen-bond donors (Lipinski definition) is 0. The molecule has 1 rings (SSSR count). The van der Waals surface area contributed by atoms with Crippen LogP contribution in [0.5, 0.6) is 0 Å². The molecular formula is C8H3F3N2O2S. The van der Waals surface area contributed by atoms with Crippen LogP contribution in [-0.4, -0.2) is 10.4 Å². The first-order valence-electron chi connectivity index (χ1n) is 3.78. The van der Waals surface area contributed by atoms with Gasteiger partial charge >= 0.3 is 5.51 Å². The number of alkyl halides is 3. The fourth-order valence-corrected chi connectivity index (χ4v) is 1.56. The fourth-order valence-electron chi connectivity index (χ4n) is 0.941. The van der Waals surface area contributed by atoms with Crippen LogP contribution in [0.2, 0.25) is 0 Å². The molecule has 16 heavy (non-hydrogen) atoms. The molecule has 0 amide bonds. The second-order valence-electron chi connectivity index (χ2n) is 2.60. The van der Waals surface area contributed by atoms with Crippen molar-refractivity contribution in [3.8, 4) is 6.07 Å². The number of nitrogens with zero attached hydrogens (tertiary/aromatic N) is 2. The zero-order valence-electron chi connectivity index (χ0n) is 7.49. The minimum Gasteiger partial charge on any atom is -0.258 e. The third kappa shape index (κ3) is 3.13. The van der Waals surface area contributed by atoms with Crippen LogP contribution in [0.25, 0.3) is 0 Å². The quantitative estimate of drug-likeness (QED) is 0.458. The van der Waals surface area contributed by atoms with Gasteiger partial charge in [0, 0.05) is 6.07 Å². The van der Waals surface area contributed by atoms with E-state index in [0.717, 1.165) is 18.2 Å². The van der Waals surface area contributed by atoms with Gasteiger partial charge in [-0.05, 0) is 23.9 Å². The number of benzene rings is 1. The summed E-state index contributed by atoms with van der Waals surface area (Å²) in [6.45, 7) is 0.